The molecular formula is C11H12N4. The number of anilines is 1. The second kappa shape index (κ2) is 6.39. The topological polar surface area (TPSA) is 61.6 Å². The molecule has 76 valence electrons. The summed E-state index contributed by atoms with van der Waals surface area (Å²) in [5.74, 6) is 3.12. The fourth-order valence-electron chi connectivity index (χ4n) is 1.11. The zero-order valence-corrected chi connectivity index (χ0v) is 8.40. The van der Waals surface area contributed by atoms with Crippen LogP contribution in [-0.2, 0) is 0 Å². The summed E-state index contributed by atoms with van der Waals surface area (Å²) in [6.45, 7) is 0.759. The van der Waals surface area contributed by atoms with E-state index in [2.05, 4.69) is 27.5 Å². The molecule has 0 saturated carbocycles. The Morgan fingerprint density at radius 3 is 3.07 bits per heavy atom. The number of hydrogen-bond acceptors (Lipinski definition) is 4. The number of nitrogens with zero attached hydrogens (tertiary/aromatic N) is 3. The molecule has 0 radical (unpaired) electrons. The number of nitriles is 1. The van der Waals surface area contributed by atoms with E-state index in [9.17, 15) is 0 Å². The van der Waals surface area contributed by atoms with Gasteiger partial charge in [-0.25, -0.2) is 0 Å². The Balaban J connectivity index is 2.38. The third-order valence-corrected chi connectivity index (χ3v) is 1.88. The van der Waals surface area contributed by atoms with Crippen molar-refractivity contribution >= 4 is 5.82 Å². The van der Waals surface area contributed by atoms with Crippen molar-refractivity contribution in [3.63, 3.8) is 0 Å². The van der Waals surface area contributed by atoms with Crippen LogP contribution in [0.4, 0.5) is 5.82 Å². The number of unbranched alkanes of at least 4 members (excludes halogenated alkanes) is 2. The summed E-state index contributed by atoms with van der Waals surface area (Å²) in [4.78, 5) is 0. The van der Waals surface area contributed by atoms with Crippen LogP contribution < -0.4 is 5.32 Å². The maximum absolute atomic E-state index is 8.77. The van der Waals surface area contributed by atoms with Gasteiger partial charge in [0.05, 0.1) is 11.8 Å². The van der Waals surface area contributed by atoms with Gasteiger partial charge in [0.25, 0.3) is 0 Å². The van der Waals surface area contributed by atoms with Crippen LogP contribution in [-0.4, -0.2) is 16.7 Å². The molecule has 1 aromatic heterocycles. The van der Waals surface area contributed by atoms with E-state index in [1.165, 1.54) is 6.20 Å². The molecule has 1 aromatic rings. The van der Waals surface area contributed by atoms with Gasteiger partial charge >= 0.3 is 0 Å². The van der Waals surface area contributed by atoms with Crippen LogP contribution in [0.3, 0.4) is 0 Å². The summed E-state index contributed by atoms with van der Waals surface area (Å²) in [7, 11) is 0. The number of aromatic nitrogens is 2. The number of terminal acetylenes is 1. The van der Waals surface area contributed by atoms with Gasteiger partial charge in [-0.15, -0.1) is 17.4 Å². The Labute approximate surface area is 89.3 Å². The third kappa shape index (κ3) is 3.66. The van der Waals surface area contributed by atoms with Crippen molar-refractivity contribution in [2.75, 3.05) is 11.9 Å². The highest BCUT2D eigenvalue weighted by Crippen LogP contribution is 2.08. The third-order valence-electron chi connectivity index (χ3n) is 1.88. The first-order valence-electron chi connectivity index (χ1n) is 4.77. The summed E-state index contributed by atoms with van der Waals surface area (Å²) < 4.78 is 0. The number of hydrogen-bond donors (Lipinski definition) is 1. The lowest BCUT2D eigenvalue weighted by atomic mass is 10.2. The molecule has 4 nitrogen and oxygen atoms in total. The molecule has 0 aliphatic heterocycles. The molecule has 0 aromatic carbocycles. The van der Waals surface area contributed by atoms with Crippen molar-refractivity contribution in [2.24, 2.45) is 0 Å². The SMILES string of the molecule is C#CCCCCNc1nnccc1C#N. The Morgan fingerprint density at radius 2 is 2.33 bits per heavy atom. The van der Waals surface area contributed by atoms with E-state index in [0.29, 0.717) is 11.4 Å². The minimum Gasteiger partial charge on any atom is -0.367 e. The second-order valence-electron chi connectivity index (χ2n) is 2.99. The lowest BCUT2D eigenvalue weighted by molar-refractivity contribution is 0.785. The standard InChI is InChI=1S/C11H12N4/c1-2-3-4-5-7-13-11-10(9-12)6-8-14-15-11/h1,6,8H,3-5,7H2,(H,13,15). The predicted molar refractivity (Wildman–Crippen MR) is 57.9 cm³/mol. The van der Waals surface area contributed by atoms with Gasteiger partial charge in [-0.2, -0.15) is 10.4 Å². The first-order valence-corrected chi connectivity index (χ1v) is 4.77. The smallest absolute Gasteiger partial charge is 0.166 e. The molecule has 1 heterocycles. The van der Waals surface area contributed by atoms with E-state index >= 15 is 0 Å². The molecule has 1 rings (SSSR count). The number of nitrogens with one attached hydrogen (secondary N) is 1. The molecule has 0 aliphatic carbocycles. The van der Waals surface area contributed by atoms with Crippen molar-refractivity contribution in [3.05, 3.63) is 17.8 Å². The first kappa shape index (κ1) is 11.0. The maximum atomic E-state index is 8.77. The zero-order chi connectivity index (χ0) is 10.9. The van der Waals surface area contributed by atoms with E-state index in [4.69, 9.17) is 11.7 Å². The molecule has 4 heteroatoms. The minimum absolute atomic E-state index is 0.516. The second-order valence-corrected chi connectivity index (χ2v) is 2.99. The highest BCUT2D eigenvalue weighted by Gasteiger charge is 2.01. The van der Waals surface area contributed by atoms with Crippen LogP contribution in [0.2, 0.25) is 0 Å². The van der Waals surface area contributed by atoms with E-state index < -0.39 is 0 Å². The monoisotopic (exact) mass is 200 g/mol. The fourth-order valence-corrected chi connectivity index (χ4v) is 1.11. The van der Waals surface area contributed by atoms with Crippen molar-refractivity contribution < 1.29 is 0 Å². The van der Waals surface area contributed by atoms with Gasteiger partial charge in [-0.1, -0.05) is 0 Å². The quantitative estimate of drug-likeness (QED) is 0.578. The molecular weight excluding hydrogens is 188 g/mol. The van der Waals surface area contributed by atoms with Gasteiger partial charge < -0.3 is 5.32 Å². The zero-order valence-electron chi connectivity index (χ0n) is 8.40. The highest BCUT2D eigenvalue weighted by atomic mass is 15.2. The Morgan fingerprint density at radius 1 is 1.47 bits per heavy atom. The van der Waals surface area contributed by atoms with Crippen molar-refractivity contribution in [2.45, 2.75) is 19.3 Å². The molecule has 0 bridgehead atoms. The summed E-state index contributed by atoms with van der Waals surface area (Å²) in [5.41, 5.74) is 0.516. The molecule has 0 atom stereocenters. The first-order chi connectivity index (χ1) is 7.38. The van der Waals surface area contributed by atoms with E-state index in [0.717, 1.165) is 25.8 Å². The highest BCUT2D eigenvalue weighted by molar-refractivity contribution is 5.49. The minimum atomic E-state index is 0.516. The molecule has 0 amide bonds. The Bertz CT molecular complexity index is 386. The Kier molecular flexibility index (Phi) is 4.69. The average molecular weight is 200 g/mol. The summed E-state index contributed by atoms with van der Waals surface area (Å²) in [6, 6.07) is 3.69. The Hall–Kier alpha value is -2.07. The van der Waals surface area contributed by atoms with Crippen LogP contribution >= 0.6 is 0 Å². The molecule has 1 N–H and O–H groups in total. The lowest BCUT2D eigenvalue weighted by Gasteiger charge is -2.04. The van der Waals surface area contributed by atoms with Gasteiger partial charge in [0, 0.05) is 13.0 Å². The average Bonchev–Trinajstić information content (AvgIpc) is 2.29. The predicted octanol–water partition coefficient (Wildman–Crippen LogP) is 1.56. The van der Waals surface area contributed by atoms with Crippen LogP contribution in [0.25, 0.3) is 0 Å². The molecule has 0 aliphatic rings. The van der Waals surface area contributed by atoms with E-state index in [-0.39, 0.29) is 0 Å². The van der Waals surface area contributed by atoms with Gasteiger partial charge in [0.2, 0.25) is 0 Å². The van der Waals surface area contributed by atoms with Crippen LogP contribution in [0.15, 0.2) is 12.3 Å². The van der Waals surface area contributed by atoms with Crippen LogP contribution in [0.5, 0.6) is 0 Å². The van der Waals surface area contributed by atoms with Crippen LogP contribution in [0.1, 0.15) is 24.8 Å². The molecule has 15 heavy (non-hydrogen) atoms. The van der Waals surface area contributed by atoms with E-state index in [1.54, 1.807) is 6.07 Å². The molecule has 0 saturated heterocycles. The van der Waals surface area contributed by atoms with Crippen LogP contribution in [0, 0.1) is 23.7 Å². The molecule has 0 fully saturated rings. The fraction of sp³-hybridized carbons (Fsp3) is 0.364. The lowest BCUT2D eigenvalue weighted by Crippen LogP contribution is -2.05. The van der Waals surface area contributed by atoms with Gasteiger partial charge in [-0.3, -0.25) is 0 Å². The van der Waals surface area contributed by atoms with Crippen molar-refractivity contribution in [3.8, 4) is 18.4 Å². The van der Waals surface area contributed by atoms with Crippen molar-refractivity contribution in [1.29, 1.82) is 5.26 Å². The summed E-state index contributed by atoms with van der Waals surface area (Å²) in [6.07, 6.45) is 9.36. The van der Waals surface area contributed by atoms with E-state index in [1.807, 2.05) is 0 Å². The molecule has 0 unspecified atom stereocenters. The largest absolute Gasteiger partial charge is 0.367 e. The van der Waals surface area contributed by atoms with Gasteiger partial charge in [-0.05, 0) is 18.9 Å². The normalized spacial score (nSPS) is 8.93. The summed E-state index contributed by atoms with van der Waals surface area (Å²) in [5, 5.41) is 19.4. The number of rotatable bonds is 5. The van der Waals surface area contributed by atoms with Gasteiger partial charge in [0.1, 0.15) is 6.07 Å². The molecule has 0 spiro atoms. The maximum Gasteiger partial charge on any atom is 0.166 e. The summed E-state index contributed by atoms with van der Waals surface area (Å²) >= 11 is 0. The van der Waals surface area contributed by atoms with Crippen molar-refractivity contribution in [1.82, 2.24) is 10.2 Å². The van der Waals surface area contributed by atoms with Gasteiger partial charge in [0.15, 0.2) is 5.82 Å².